The van der Waals surface area contributed by atoms with Gasteiger partial charge in [-0.25, -0.2) is 5.43 Å². The van der Waals surface area contributed by atoms with Gasteiger partial charge in [-0.15, -0.1) is 0 Å². The minimum atomic E-state index is -0.523. The lowest BCUT2D eigenvalue weighted by Gasteiger charge is -2.09. The molecule has 1 amide bonds. The maximum Gasteiger partial charge on any atom is 0.275 e. The van der Waals surface area contributed by atoms with E-state index in [0.29, 0.717) is 18.1 Å². The molecule has 0 spiro atoms. The highest BCUT2D eigenvalue weighted by Gasteiger charge is 2.11. The third-order valence-corrected chi connectivity index (χ3v) is 4.96. The summed E-state index contributed by atoms with van der Waals surface area (Å²) in [6, 6.07) is 26.2. The molecule has 6 heteroatoms. The lowest BCUT2D eigenvalue weighted by molar-refractivity contribution is 0.0952. The van der Waals surface area contributed by atoms with E-state index in [9.17, 15) is 9.90 Å². The summed E-state index contributed by atoms with van der Waals surface area (Å²) in [4.78, 5) is 12.2. The number of benzene rings is 4. The van der Waals surface area contributed by atoms with Crippen molar-refractivity contribution in [3.8, 4) is 17.2 Å². The number of ether oxygens (including phenoxy) is 2. The number of phenols is 1. The van der Waals surface area contributed by atoms with Gasteiger partial charge in [0.05, 0.1) is 18.9 Å². The minimum absolute atomic E-state index is 0.107. The topological polar surface area (TPSA) is 80.2 Å². The van der Waals surface area contributed by atoms with Crippen molar-refractivity contribution in [1.29, 1.82) is 0 Å². The van der Waals surface area contributed by atoms with E-state index < -0.39 is 5.91 Å². The van der Waals surface area contributed by atoms with Crippen LogP contribution in [0.5, 0.6) is 17.2 Å². The Morgan fingerprint density at radius 2 is 1.78 bits per heavy atom. The van der Waals surface area contributed by atoms with Crippen molar-refractivity contribution in [2.75, 3.05) is 7.11 Å². The number of methoxy groups -OCH3 is 1. The van der Waals surface area contributed by atoms with Crippen molar-refractivity contribution >= 4 is 22.9 Å². The molecule has 0 aliphatic heterocycles. The zero-order valence-corrected chi connectivity index (χ0v) is 17.5. The molecule has 0 heterocycles. The Kier molecular flexibility index (Phi) is 6.32. The van der Waals surface area contributed by atoms with Crippen LogP contribution in [0.15, 0.2) is 90.0 Å². The van der Waals surface area contributed by atoms with Gasteiger partial charge in [0.1, 0.15) is 23.9 Å². The van der Waals surface area contributed by atoms with Crippen LogP contribution in [-0.2, 0) is 6.61 Å². The lowest BCUT2D eigenvalue weighted by atomic mass is 10.1. The van der Waals surface area contributed by atoms with Crippen LogP contribution in [0.1, 0.15) is 21.5 Å². The van der Waals surface area contributed by atoms with Crippen molar-refractivity contribution in [2.45, 2.75) is 6.61 Å². The SMILES string of the molecule is COc1ccc(C(=O)N/N=C\c2cccc(OCc3cccc4ccccc34)c2)c(O)c1. The number of carbonyl (C=O) groups excluding carboxylic acids is 1. The summed E-state index contributed by atoms with van der Waals surface area (Å²) in [5, 5.41) is 16.3. The van der Waals surface area contributed by atoms with E-state index in [2.05, 4.69) is 34.8 Å². The summed E-state index contributed by atoms with van der Waals surface area (Å²) in [7, 11) is 1.48. The molecule has 4 aromatic rings. The van der Waals surface area contributed by atoms with Crippen molar-refractivity contribution in [1.82, 2.24) is 5.43 Å². The van der Waals surface area contributed by atoms with Gasteiger partial charge in [0, 0.05) is 6.07 Å². The molecule has 6 nitrogen and oxygen atoms in total. The molecule has 0 atom stereocenters. The van der Waals surface area contributed by atoms with Gasteiger partial charge < -0.3 is 14.6 Å². The van der Waals surface area contributed by atoms with Gasteiger partial charge in [-0.3, -0.25) is 4.79 Å². The van der Waals surface area contributed by atoms with Gasteiger partial charge in [0.25, 0.3) is 5.91 Å². The van der Waals surface area contributed by atoms with Crippen molar-refractivity contribution in [2.24, 2.45) is 5.10 Å². The smallest absolute Gasteiger partial charge is 0.275 e. The van der Waals surface area contributed by atoms with Gasteiger partial charge in [-0.2, -0.15) is 5.10 Å². The largest absolute Gasteiger partial charge is 0.507 e. The van der Waals surface area contributed by atoms with Gasteiger partial charge in [-0.05, 0) is 46.2 Å². The van der Waals surface area contributed by atoms with Crippen LogP contribution in [0.2, 0.25) is 0 Å². The molecule has 4 aromatic carbocycles. The molecule has 4 rings (SSSR count). The quantitative estimate of drug-likeness (QED) is 0.325. The van der Waals surface area contributed by atoms with Gasteiger partial charge in [-0.1, -0.05) is 54.6 Å². The first-order chi connectivity index (χ1) is 15.6. The second-order valence-electron chi connectivity index (χ2n) is 7.08. The summed E-state index contributed by atoms with van der Waals surface area (Å²) in [6.45, 7) is 0.440. The van der Waals surface area contributed by atoms with E-state index in [1.807, 2.05) is 42.5 Å². The summed E-state index contributed by atoms with van der Waals surface area (Å²) >= 11 is 0. The molecule has 160 valence electrons. The highest BCUT2D eigenvalue weighted by Crippen LogP contribution is 2.23. The first-order valence-corrected chi connectivity index (χ1v) is 10.0. The van der Waals surface area contributed by atoms with Crippen molar-refractivity contribution in [3.63, 3.8) is 0 Å². The predicted octanol–water partition coefficient (Wildman–Crippen LogP) is 4.90. The zero-order valence-electron chi connectivity index (χ0n) is 17.5. The fraction of sp³-hybridized carbons (Fsp3) is 0.0769. The molecule has 0 aromatic heterocycles. The van der Waals surface area contributed by atoms with Crippen LogP contribution in [-0.4, -0.2) is 24.3 Å². The summed E-state index contributed by atoms with van der Waals surface area (Å²) in [6.07, 6.45) is 1.52. The average Bonchev–Trinajstić information content (AvgIpc) is 2.82. The molecular formula is C26H22N2O4. The molecule has 32 heavy (non-hydrogen) atoms. The summed E-state index contributed by atoms with van der Waals surface area (Å²) in [5.41, 5.74) is 4.39. The molecule has 0 saturated heterocycles. The Labute approximate surface area is 185 Å². The van der Waals surface area contributed by atoms with Crippen LogP contribution in [0.4, 0.5) is 0 Å². The average molecular weight is 426 g/mol. The number of amides is 1. The van der Waals surface area contributed by atoms with E-state index >= 15 is 0 Å². The number of aromatic hydroxyl groups is 1. The van der Waals surface area contributed by atoms with Crippen LogP contribution in [0, 0.1) is 0 Å². The normalized spacial score (nSPS) is 10.9. The van der Waals surface area contributed by atoms with Gasteiger partial charge in [0.15, 0.2) is 0 Å². The number of phenolic OH excluding ortho intramolecular Hbond substituents is 1. The molecule has 0 saturated carbocycles. The first kappa shape index (κ1) is 20.9. The number of hydrogen-bond acceptors (Lipinski definition) is 5. The van der Waals surface area contributed by atoms with Crippen molar-refractivity contribution in [3.05, 3.63) is 102 Å². The minimum Gasteiger partial charge on any atom is -0.507 e. The molecule has 0 radical (unpaired) electrons. The molecule has 0 bridgehead atoms. The summed E-state index contributed by atoms with van der Waals surface area (Å²) < 4.78 is 11.0. The van der Waals surface area contributed by atoms with Crippen LogP contribution >= 0.6 is 0 Å². The highest BCUT2D eigenvalue weighted by molar-refractivity contribution is 5.97. The maximum absolute atomic E-state index is 12.2. The van der Waals surface area contributed by atoms with E-state index in [-0.39, 0.29) is 11.3 Å². The third-order valence-electron chi connectivity index (χ3n) is 4.96. The molecule has 2 N–H and O–H groups in total. The lowest BCUT2D eigenvalue weighted by Crippen LogP contribution is -2.17. The fourth-order valence-corrected chi connectivity index (χ4v) is 3.32. The number of hydrazone groups is 1. The second-order valence-corrected chi connectivity index (χ2v) is 7.08. The standard InChI is InChI=1S/C26H22N2O4/c1-31-21-12-13-24(25(29)15-21)26(30)28-27-16-18-6-4-10-22(14-18)32-17-20-9-5-8-19-7-2-3-11-23(19)20/h2-16,29H,17H2,1H3,(H,28,30)/b27-16-. The highest BCUT2D eigenvalue weighted by atomic mass is 16.5. The number of hydrogen-bond donors (Lipinski definition) is 2. The Balaban J connectivity index is 1.39. The Morgan fingerprint density at radius 1 is 0.969 bits per heavy atom. The monoisotopic (exact) mass is 426 g/mol. The maximum atomic E-state index is 12.2. The van der Waals surface area contributed by atoms with Crippen LogP contribution in [0.25, 0.3) is 10.8 Å². The molecule has 0 fully saturated rings. The zero-order chi connectivity index (χ0) is 22.3. The number of fused-ring (bicyclic) bond motifs is 1. The van der Waals surface area contributed by atoms with Gasteiger partial charge in [0.2, 0.25) is 0 Å². The van der Waals surface area contributed by atoms with Crippen LogP contribution < -0.4 is 14.9 Å². The number of rotatable bonds is 7. The van der Waals surface area contributed by atoms with E-state index in [4.69, 9.17) is 9.47 Å². The Hall–Kier alpha value is -4.32. The number of nitrogens with one attached hydrogen (secondary N) is 1. The predicted molar refractivity (Wildman–Crippen MR) is 124 cm³/mol. The third kappa shape index (κ3) is 4.87. The van der Waals surface area contributed by atoms with Crippen LogP contribution in [0.3, 0.4) is 0 Å². The van der Waals surface area contributed by atoms with Gasteiger partial charge >= 0.3 is 0 Å². The second kappa shape index (κ2) is 9.66. The number of nitrogens with zero attached hydrogens (tertiary/aromatic N) is 1. The van der Waals surface area contributed by atoms with E-state index in [0.717, 1.165) is 16.5 Å². The van der Waals surface area contributed by atoms with E-state index in [1.54, 1.807) is 6.07 Å². The molecular weight excluding hydrogens is 404 g/mol. The van der Waals surface area contributed by atoms with Crippen molar-refractivity contribution < 1.29 is 19.4 Å². The molecule has 0 aliphatic rings. The summed E-state index contributed by atoms with van der Waals surface area (Å²) in [5.74, 6) is 0.453. The van der Waals surface area contributed by atoms with E-state index in [1.165, 1.54) is 30.8 Å². The molecule has 0 aliphatic carbocycles. The Bertz CT molecular complexity index is 1280. The Morgan fingerprint density at radius 3 is 2.62 bits per heavy atom. The fourth-order valence-electron chi connectivity index (χ4n) is 3.32. The number of carbonyl (C=O) groups is 1. The first-order valence-electron chi connectivity index (χ1n) is 10.0. The molecule has 0 unspecified atom stereocenters.